The van der Waals surface area contributed by atoms with Crippen LogP contribution in [0.3, 0.4) is 0 Å². The second kappa shape index (κ2) is 8.64. The minimum atomic E-state index is -0.422. The zero-order chi connectivity index (χ0) is 19.2. The smallest absolute Gasteiger partial charge is 0.286 e. The predicted molar refractivity (Wildman–Crippen MR) is 104 cm³/mol. The molecule has 0 N–H and O–H groups in total. The third kappa shape index (κ3) is 4.62. The largest absolute Gasteiger partial charge is 0.494 e. The Balaban J connectivity index is 1.78. The summed E-state index contributed by atoms with van der Waals surface area (Å²) in [5.41, 5.74) is 0.806. The molecule has 0 aliphatic carbocycles. The van der Waals surface area contributed by atoms with Crippen LogP contribution in [0.25, 0.3) is 10.2 Å². The molecule has 0 radical (unpaired) electrons. The first-order valence-electron chi connectivity index (χ1n) is 8.43. The Kier molecular flexibility index (Phi) is 6.03. The van der Waals surface area contributed by atoms with E-state index in [-0.39, 0.29) is 12.4 Å². The number of carbonyl (C=O) groups excluding carboxylic acids is 1. The quantitative estimate of drug-likeness (QED) is 0.578. The number of rotatable bonds is 7. The molecule has 0 atom stereocenters. The van der Waals surface area contributed by atoms with Gasteiger partial charge < -0.3 is 14.0 Å². The molecule has 2 aromatic carbocycles. The minimum absolute atomic E-state index is 0.190. The first kappa shape index (κ1) is 18.8. The molecule has 0 saturated heterocycles. The summed E-state index contributed by atoms with van der Waals surface area (Å²) in [6, 6.07) is 11.5. The number of ether oxygens (including phenoxy) is 2. The summed E-state index contributed by atoms with van der Waals surface area (Å²) in [7, 11) is 0. The van der Waals surface area contributed by atoms with E-state index in [2.05, 4.69) is 11.6 Å². The van der Waals surface area contributed by atoms with E-state index in [1.54, 1.807) is 36.4 Å². The molecule has 3 aromatic rings. The van der Waals surface area contributed by atoms with Crippen molar-refractivity contribution in [3.05, 3.63) is 65.7 Å². The van der Waals surface area contributed by atoms with Gasteiger partial charge in [0.1, 0.15) is 17.3 Å². The molecule has 0 bridgehead atoms. The predicted octanol–water partition coefficient (Wildman–Crippen LogP) is 3.93. The number of hydrogen-bond acceptors (Lipinski definition) is 4. The molecule has 1 aromatic heterocycles. The van der Waals surface area contributed by atoms with Gasteiger partial charge >= 0.3 is 0 Å². The van der Waals surface area contributed by atoms with Crippen LogP contribution in [-0.2, 0) is 11.3 Å². The lowest BCUT2D eigenvalue weighted by atomic mass is 10.3. The summed E-state index contributed by atoms with van der Waals surface area (Å²) in [6.07, 6.45) is 1.70. The van der Waals surface area contributed by atoms with Crippen LogP contribution in [0.5, 0.6) is 11.5 Å². The third-order valence-corrected chi connectivity index (χ3v) is 4.72. The highest BCUT2D eigenvalue weighted by atomic mass is 32.1. The standard InChI is InChI=1S/C20H19FN2O3S/c1-3-11-23-17-10-5-14(21)12-18(17)27-20(23)22-19(24)13-26-16-8-6-15(7-9-16)25-4-2/h3,5-10,12H,1,4,11,13H2,2H3. The molecule has 0 aliphatic heterocycles. The van der Waals surface area contributed by atoms with Crippen molar-refractivity contribution < 1.29 is 18.7 Å². The zero-order valence-corrected chi connectivity index (χ0v) is 15.7. The van der Waals surface area contributed by atoms with E-state index in [9.17, 15) is 9.18 Å². The number of carbonyl (C=O) groups is 1. The molecule has 0 unspecified atom stereocenters. The summed E-state index contributed by atoms with van der Waals surface area (Å²) in [6.45, 7) is 6.50. The van der Waals surface area contributed by atoms with Gasteiger partial charge in [-0.2, -0.15) is 4.99 Å². The average Bonchev–Trinajstić information content (AvgIpc) is 2.98. The van der Waals surface area contributed by atoms with Gasteiger partial charge in [-0.1, -0.05) is 17.4 Å². The first-order valence-corrected chi connectivity index (χ1v) is 9.25. The molecule has 0 spiro atoms. The lowest BCUT2D eigenvalue weighted by molar-refractivity contribution is -0.120. The van der Waals surface area contributed by atoms with Crippen molar-refractivity contribution in [2.75, 3.05) is 13.2 Å². The number of benzene rings is 2. The van der Waals surface area contributed by atoms with E-state index in [1.165, 1.54) is 23.5 Å². The van der Waals surface area contributed by atoms with Crippen LogP contribution in [-0.4, -0.2) is 23.7 Å². The highest BCUT2D eigenvalue weighted by Crippen LogP contribution is 2.19. The molecule has 0 fully saturated rings. The van der Waals surface area contributed by atoms with E-state index in [0.29, 0.717) is 23.7 Å². The highest BCUT2D eigenvalue weighted by Gasteiger charge is 2.09. The number of nitrogens with zero attached hydrogens (tertiary/aromatic N) is 2. The van der Waals surface area contributed by atoms with E-state index in [0.717, 1.165) is 16.0 Å². The number of amides is 1. The van der Waals surface area contributed by atoms with E-state index in [1.807, 2.05) is 11.5 Å². The molecule has 5 nitrogen and oxygen atoms in total. The van der Waals surface area contributed by atoms with E-state index in [4.69, 9.17) is 9.47 Å². The second-order valence-electron chi connectivity index (χ2n) is 5.59. The fourth-order valence-corrected chi connectivity index (χ4v) is 3.60. The number of fused-ring (bicyclic) bond motifs is 1. The Bertz CT molecular complexity index is 1020. The Hall–Kier alpha value is -2.93. The Morgan fingerprint density at radius 3 is 2.59 bits per heavy atom. The molecule has 3 rings (SSSR count). The maximum absolute atomic E-state index is 13.5. The van der Waals surface area contributed by atoms with Crippen LogP contribution in [0.15, 0.2) is 60.1 Å². The Morgan fingerprint density at radius 1 is 1.22 bits per heavy atom. The number of halogens is 1. The maximum atomic E-state index is 13.5. The van der Waals surface area contributed by atoms with Crippen molar-refractivity contribution in [1.29, 1.82) is 0 Å². The monoisotopic (exact) mass is 386 g/mol. The lowest BCUT2D eigenvalue weighted by Gasteiger charge is -2.06. The number of hydrogen-bond donors (Lipinski definition) is 0. The maximum Gasteiger partial charge on any atom is 0.286 e. The summed E-state index contributed by atoms with van der Waals surface area (Å²) in [5.74, 6) is 0.545. The van der Waals surface area contributed by atoms with Crippen LogP contribution in [0.2, 0.25) is 0 Å². The van der Waals surface area contributed by atoms with Crippen LogP contribution in [0, 0.1) is 5.82 Å². The van der Waals surface area contributed by atoms with E-state index >= 15 is 0 Å². The number of thiazole rings is 1. The van der Waals surface area contributed by atoms with Crippen LogP contribution in [0.4, 0.5) is 4.39 Å². The molecular weight excluding hydrogens is 367 g/mol. The van der Waals surface area contributed by atoms with Gasteiger partial charge in [-0.15, -0.1) is 6.58 Å². The summed E-state index contributed by atoms with van der Waals surface area (Å²) in [5, 5.41) is 0. The van der Waals surface area contributed by atoms with Crippen molar-refractivity contribution in [2.24, 2.45) is 4.99 Å². The van der Waals surface area contributed by atoms with Crippen LogP contribution < -0.4 is 14.3 Å². The van der Waals surface area contributed by atoms with Crippen molar-refractivity contribution in [1.82, 2.24) is 4.57 Å². The van der Waals surface area contributed by atoms with Gasteiger partial charge in [0.15, 0.2) is 11.4 Å². The normalized spacial score (nSPS) is 11.6. The topological polar surface area (TPSA) is 52.8 Å². The van der Waals surface area contributed by atoms with Crippen molar-refractivity contribution in [2.45, 2.75) is 13.5 Å². The van der Waals surface area contributed by atoms with Gasteiger partial charge in [0.05, 0.1) is 16.8 Å². The van der Waals surface area contributed by atoms with Gasteiger partial charge in [0.2, 0.25) is 0 Å². The third-order valence-electron chi connectivity index (χ3n) is 3.67. The fraction of sp³-hybridized carbons (Fsp3) is 0.200. The van der Waals surface area contributed by atoms with Gasteiger partial charge in [0, 0.05) is 6.54 Å². The van der Waals surface area contributed by atoms with Gasteiger partial charge in [0.25, 0.3) is 5.91 Å². The van der Waals surface area contributed by atoms with Gasteiger partial charge in [-0.25, -0.2) is 4.39 Å². The molecule has 1 heterocycles. The average molecular weight is 386 g/mol. The van der Waals surface area contributed by atoms with Crippen molar-refractivity contribution in [3.63, 3.8) is 0 Å². The molecular formula is C20H19FN2O3S. The Morgan fingerprint density at radius 2 is 1.93 bits per heavy atom. The first-order chi connectivity index (χ1) is 13.1. The van der Waals surface area contributed by atoms with Crippen LogP contribution in [0.1, 0.15) is 6.92 Å². The lowest BCUT2D eigenvalue weighted by Crippen LogP contribution is -2.19. The second-order valence-corrected chi connectivity index (χ2v) is 6.60. The minimum Gasteiger partial charge on any atom is -0.494 e. The summed E-state index contributed by atoms with van der Waals surface area (Å²) < 4.78 is 26.8. The Labute approximate surface area is 160 Å². The summed E-state index contributed by atoms with van der Waals surface area (Å²) in [4.78, 5) is 16.8. The van der Waals surface area contributed by atoms with Crippen molar-refractivity contribution in [3.8, 4) is 11.5 Å². The van der Waals surface area contributed by atoms with Gasteiger partial charge in [-0.3, -0.25) is 4.79 Å². The molecule has 1 amide bonds. The van der Waals surface area contributed by atoms with Gasteiger partial charge in [-0.05, 0) is 49.4 Å². The summed E-state index contributed by atoms with van der Waals surface area (Å²) >= 11 is 1.25. The SMILES string of the molecule is C=CCn1c(=NC(=O)COc2ccc(OCC)cc2)sc2cc(F)ccc21. The molecule has 0 saturated carbocycles. The van der Waals surface area contributed by atoms with Crippen LogP contribution >= 0.6 is 11.3 Å². The molecule has 140 valence electrons. The highest BCUT2D eigenvalue weighted by molar-refractivity contribution is 7.16. The molecule has 27 heavy (non-hydrogen) atoms. The molecule has 0 aliphatic rings. The fourth-order valence-electron chi connectivity index (χ4n) is 2.52. The van der Waals surface area contributed by atoms with Crippen molar-refractivity contribution >= 4 is 27.5 Å². The molecule has 7 heteroatoms. The number of aromatic nitrogens is 1. The number of allylic oxidation sites excluding steroid dienone is 1. The van der Waals surface area contributed by atoms with E-state index < -0.39 is 5.91 Å². The zero-order valence-electron chi connectivity index (χ0n) is 14.9.